The summed E-state index contributed by atoms with van der Waals surface area (Å²) in [4.78, 5) is 25.4. The maximum absolute atomic E-state index is 12.4. The zero-order chi connectivity index (χ0) is 18.5. The number of hydrogen-bond donors (Lipinski definition) is 2. The summed E-state index contributed by atoms with van der Waals surface area (Å²) < 4.78 is 6.23. The molecule has 2 amide bonds. The smallest absolute Gasteiger partial charge is 0.408 e. The second-order valence-electron chi connectivity index (χ2n) is 7.60. The quantitative estimate of drug-likeness (QED) is 0.670. The van der Waals surface area contributed by atoms with Gasteiger partial charge in [-0.2, -0.15) is 0 Å². The Labute approximate surface area is 162 Å². The molecular weight excluding hydrogens is 404 g/mol. The minimum absolute atomic E-state index is 0.114. The predicted octanol–water partition coefficient (Wildman–Crippen LogP) is 4.86. The summed E-state index contributed by atoms with van der Waals surface area (Å²) in [6.07, 6.45) is 5.66. The van der Waals surface area contributed by atoms with E-state index in [0.717, 1.165) is 43.0 Å². The minimum Gasteiger partial charge on any atom is -0.444 e. The molecule has 2 rings (SSSR count). The number of ether oxygens (including phenoxy) is 1. The molecule has 1 fully saturated rings. The Hall–Kier alpha value is -1.08. The van der Waals surface area contributed by atoms with Crippen LogP contribution in [0.3, 0.4) is 0 Å². The molecule has 0 aromatic carbocycles. The number of amides is 2. The van der Waals surface area contributed by atoms with Crippen molar-refractivity contribution in [1.82, 2.24) is 10.6 Å². The molecule has 1 heterocycles. The van der Waals surface area contributed by atoms with E-state index in [2.05, 4.69) is 26.6 Å². The van der Waals surface area contributed by atoms with Crippen molar-refractivity contribution in [3.8, 4) is 0 Å². The average Bonchev–Trinajstić information content (AvgIpc) is 2.79. The number of nitrogens with one attached hydrogen (secondary N) is 2. The fourth-order valence-corrected chi connectivity index (χ4v) is 4.52. The summed E-state index contributed by atoms with van der Waals surface area (Å²) in [7, 11) is 0. The number of halogens is 1. The number of alkyl carbamates (subject to hydrolysis) is 1. The van der Waals surface area contributed by atoms with Crippen LogP contribution in [0.1, 0.15) is 69.0 Å². The van der Waals surface area contributed by atoms with Gasteiger partial charge in [-0.05, 0) is 61.0 Å². The van der Waals surface area contributed by atoms with Crippen LogP contribution in [0, 0.1) is 0 Å². The molecule has 2 N–H and O–H groups in total. The van der Waals surface area contributed by atoms with Crippen molar-refractivity contribution in [1.29, 1.82) is 0 Å². The zero-order valence-corrected chi connectivity index (χ0v) is 17.5. The van der Waals surface area contributed by atoms with Crippen LogP contribution in [0.2, 0.25) is 0 Å². The summed E-state index contributed by atoms with van der Waals surface area (Å²) in [6, 6.07) is 1.86. The van der Waals surface area contributed by atoms with Gasteiger partial charge in [0.15, 0.2) is 0 Å². The van der Waals surface area contributed by atoms with Crippen molar-refractivity contribution < 1.29 is 14.3 Å². The summed E-state index contributed by atoms with van der Waals surface area (Å²) in [6.45, 7) is 5.96. The number of thiophene rings is 1. The lowest BCUT2D eigenvalue weighted by Crippen LogP contribution is -2.56. The summed E-state index contributed by atoms with van der Waals surface area (Å²) >= 11 is 4.79. The van der Waals surface area contributed by atoms with Crippen LogP contribution in [0.15, 0.2) is 15.9 Å². The van der Waals surface area contributed by atoms with Crippen molar-refractivity contribution in [2.45, 2.75) is 70.4 Å². The van der Waals surface area contributed by atoms with Crippen LogP contribution in [-0.2, 0) is 4.74 Å². The monoisotopic (exact) mass is 430 g/mol. The maximum atomic E-state index is 12.4. The summed E-state index contributed by atoms with van der Waals surface area (Å²) in [5, 5.41) is 7.94. The van der Waals surface area contributed by atoms with Gasteiger partial charge in [0.1, 0.15) is 10.5 Å². The first-order valence-electron chi connectivity index (χ1n) is 8.73. The van der Waals surface area contributed by atoms with Crippen molar-refractivity contribution in [3.05, 3.63) is 20.8 Å². The van der Waals surface area contributed by atoms with Gasteiger partial charge < -0.3 is 15.4 Å². The van der Waals surface area contributed by atoms with Crippen LogP contribution >= 0.6 is 27.3 Å². The number of carbonyl (C=O) groups is 2. The van der Waals surface area contributed by atoms with Gasteiger partial charge in [0.2, 0.25) is 0 Å². The molecule has 0 saturated heterocycles. The molecule has 1 aliphatic carbocycles. The SMILES string of the molecule is CC(C)(C)OC(=O)NC1(CNC(=O)c2sccc2Br)CCCCCC1. The molecule has 140 valence electrons. The Morgan fingerprint density at radius 2 is 1.88 bits per heavy atom. The van der Waals surface area contributed by atoms with Crippen molar-refractivity contribution in [2.75, 3.05) is 6.54 Å². The van der Waals surface area contributed by atoms with Crippen molar-refractivity contribution >= 4 is 39.3 Å². The lowest BCUT2D eigenvalue weighted by Gasteiger charge is -2.35. The van der Waals surface area contributed by atoms with Crippen molar-refractivity contribution in [3.63, 3.8) is 0 Å². The predicted molar refractivity (Wildman–Crippen MR) is 104 cm³/mol. The van der Waals surface area contributed by atoms with Gasteiger partial charge in [-0.15, -0.1) is 11.3 Å². The Morgan fingerprint density at radius 1 is 1.24 bits per heavy atom. The molecule has 1 saturated carbocycles. The molecule has 0 atom stereocenters. The topological polar surface area (TPSA) is 67.4 Å². The zero-order valence-electron chi connectivity index (χ0n) is 15.1. The van der Waals surface area contributed by atoms with Crippen LogP contribution in [-0.4, -0.2) is 29.7 Å². The molecule has 0 aliphatic heterocycles. The summed E-state index contributed by atoms with van der Waals surface area (Å²) in [5.41, 5.74) is -0.987. The number of rotatable bonds is 4. The van der Waals surface area contributed by atoms with E-state index in [-0.39, 0.29) is 5.91 Å². The van der Waals surface area contributed by atoms with Crippen LogP contribution in [0.25, 0.3) is 0 Å². The van der Waals surface area contributed by atoms with E-state index >= 15 is 0 Å². The third-order valence-electron chi connectivity index (χ3n) is 4.24. The van der Waals surface area contributed by atoms with E-state index < -0.39 is 17.2 Å². The second-order valence-corrected chi connectivity index (χ2v) is 9.37. The molecule has 5 nitrogen and oxygen atoms in total. The first kappa shape index (κ1) is 20.2. The Balaban J connectivity index is 2.05. The highest BCUT2D eigenvalue weighted by Crippen LogP contribution is 2.28. The van der Waals surface area contributed by atoms with E-state index in [1.54, 1.807) is 0 Å². The Bertz CT molecular complexity index is 602. The summed E-state index contributed by atoms with van der Waals surface area (Å²) in [5.74, 6) is -0.114. The fourth-order valence-electron chi connectivity index (χ4n) is 3.06. The largest absolute Gasteiger partial charge is 0.444 e. The van der Waals surface area contributed by atoms with Gasteiger partial charge in [0.05, 0.1) is 5.54 Å². The highest BCUT2D eigenvalue weighted by atomic mass is 79.9. The Morgan fingerprint density at radius 3 is 2.40 bits per heavy atom. The molecule has 0 bridgehead atoms. The second kappa shape index (κ2) is 8.54. The molecule has 7 heteroatoms. The highest BCUT2D eigenvalue weighted by Gasteiger charge is 2.34. The molecule has 0 unspecified atom stereocenters. The lowest BCUT2D eigenvalue weighted by molar-refractivity contribution is 0.0437. The molecule has 0 spiro atoms. The van der Waals surface area contributed by atoms with Gasteiger partial charge in [-0.1, -0.05) is 25.7 Å². The molecule has 1 aromatic rings. The fraction of sp³-hybridized carbons (Fsp3) is 0.667. The maximum Gasteiger partial charge on any atom is 0.408 e. The number of hydrogen-bond acceptors (Lipinski definition) is 4. The Kier molecular flexibility index (Phi) is 6.91. The standard InChI is InChI=1S/C18H27BrN2O3S/c1-17(2,3)24-16(23)21-18(9-6-4-5-7-10-18)12-20-15(22)14-13(19)8-11-25-14/h8,11H,4-7,9-10,12H2,1-3H3,(H,20,22)(H,21,23). The van der Waals surface area contributed by atoms with Crippen LogP contribution in [0.4, 0.5) is 4.79 Å². The van der Waals surface area contributed by atoms with E-state index in [9.17, 15) is 9.59 Å². The van der Waals surface area contributed by atoms with E-state index in [1.807, 2.05) is 32.2 Å². The van der Waals surface area contributed by atoms with Gasteiger partial charge in [-0.25, -0.2) is 4.79 Å². The van der Waals surface area contributed by atoms with E-state index in [1.165, 1.54) is 11.3 Å². The van der Waals surface area contributed by atoms with E-state index in [0.29, 0.717) is 11.4 Å². The third kappa shape index (κ3) is 6.29. The number of carbonyl (C=O) groups excluding carboxylic acids is 2. The molecule has 1 aromatic heterocycles. The van der Waals surface area contributed by atoms with Gasteiger partial charge in [0, 0.05) is 11.0 Å². The van der Waals surface area contributed by atoms with E-state index in [4.69, 9.17) is 4.74 Å². The van der Waals surface area contributed by atoms with Gasteiger partial charge in [-0.3, -0.25) is 4.79 Å². The first-order chi connectivity index (χ1) is 11.7. The normalized spacial score (nSPS) is 17.4. The molecular formula is C18H27BrN2O3S. The third-order valence-corrected chi connectivity index (χ3v) is 6.07. The molecule has 0 radical (unpaired) electrons. The van der Waals surface area contributed by atoms with Crippen LogP contribution < -0.4 is 10.6 Å². The highest BCUT2D eigenvalue weighted by molar-refractivity contribution is 9.10. The first-order valence-corrected chi connectivity index (χ1v) is 10.4. The van der Waals surface area contributed by atoms with Gasteiger partial charge >= 0.3 is 6.09 Å². The van der Waals surface area contributed by atoms with Gasteiger partial charge in [0.25, 0.3) is 5.91 Å². The minimum atomic E-state index is -0.541. The lowest BCUT2D eigenvalue weighted by atomic mass is 9.90. The molecule has 1 aliphatic rings. The average molecular weight is 431 g/mol. The molecule has 25 heavy (non-hydrogen) atoms. The van der Waals surface area contributed by atoms with Crippen molar-refractivity contribution in [2.24, 2.45) is 0 Å². The van der Waals surface area contributed by atoms with Crippen LogP contribution in [0.5, 0.6) is 0 Å².